The van der Waals surface area contributed by atoms with E-state index in [4.69, 9.17) is 20.4 Å². The van der Waals surface area contributed by atoms with Crippen molar-refractivity contribution in [2.24, 2.45) is 5.73 Å². The highest BCUT2D eigenvalue weighted by Gasteiger charge is 2.30. The van der Waals surface area contributed by atoms with E-state index in [1.807, 2.05) is 12.1 Å². The first-order chi connectivity index (χ1) is 11.7. The lowest BCUT2D eigenvalue weighted by Crippen LogP contribution is -2.52. The number of nitrogens with zero attached hydrogens (tertiary/aromatic N) is 3. The summed E-state index contributed by atoms with van der Waals surface area (Å²) < 4.78 is 5.34. The first-order valence-corrected chi connectivity index (χ1v) is 8.23. The van der Waals surface area contributed by atoms with Crippen LogP contribution in [0.25, 0.3) is 11.3 Å². The van der Waals surface area contributed by atoms with E-state index in [9.17, 15) is 4.79 Å². The minimum atomic E-state index is -0.415. The molecule has 0 bridgehead atoms. The normalized spacial score (nSPS) is 16.8. The van der Waals surface area contributed by atoms with Crippen molar-refractivity contribution >= 4 is 11.9 Å². The fourth-order valence-electron chi connectivity index (χ4n) is 3.34. The molecule has 1 aromatic carbocycles. The van der Waals surface area contributed by atoms with E-state index in [-0.39, 0.29) is 6.10 Å². The number of primary amides is 1. The molecule has 1 aliphatic carbocycles. The highest BCUT2D eigenvalue weighted by atomic mass is 16.5. The molecule has 1 amide bonds. The molecule has 0 saturated carbocycles. The van der Waals surface area contributed by atoms with Gasteiger partial charge in [-0.15, -0.1) is 0 Å². The van der Waals surface area contributed by atoms with Crippen molar-refractivity contribution in [3.05, 3.63) is 41.1 Å². The first kappa shape index (κ1) is 15.1. The van der Waals surface area contributed by atoms with Crippen molar-refractivity contribution in [1.82, 2.24) is 9.97 Å². The molecule has 2 N–H and O–H groups in total. The van der Waals surface area contributed by atoms with Gasteiger partial charge in [-0.25, -0.2) is 9.97 Å². The maximum Gasteiger partial charge on any atom is 0.248 e. The molecule has 0 unspecified atom stereocenters. The van der Waals surface area contributed by atoms with Crippen molar-refractivity contribution in [3.63, 3.8) is 0 Å². The van der Waals surface area contributed by atoms with Crippen LogP contribution in [0.2, 0.25) is 0 Å². The molecule has 6 heteroatoms. The monoisotopic (exact) mass is 324 g/mol. The zero-order valence-corrected chi connectivity index (χ0v) is 13.7. The molecule has 2 heterocycles. The number of anilines is 1. The number of aromatic nitrogens is 2. The number of fused-ring (bicyclic) bond motifs is 1. The van der Waals surface area contributed by atoms with Crippen LogP contribution < -0.4 is 10.6 Å². The van der Waals surface area contributed by atoms with Crippen LogP contribution in [0.4, 0.5) is 5.95 Å². The Hall–Kier alpha value is -2.47. The number of benzene rings is 1. The third-order valence-electron chi connectivity index (χ3n) is 4.83. The number of rotatable bonds is 4. The van der Waals surface area contributed by atoms with Gasteiger partial charge in [0.15, 0.2) is 0 Å². The van der Waals surface area contributed by atoms with Crippen molar-refractivity contribution < 1.29 is 9.53 Å². The molecule has 0 atom stereocenters. The zero-order valence-electron chi connectivity index (χ0n) is 13.7. The van der Waals surface area contributed by atoms with E-state index in [0.717, 1.165) is 55.3 Å². The number of carbonyl (C=O) groups is 1. The molecule has 4 rings (SSSR count). The van der Waals surface area contributed by atoms with E-state index in [0.29, 0.717) is 5.56 Å². The summed E-state index contributed by atoms with van der Waals surface area (Å²) in [4.78, 5) is 23.0. The van der Waals surface area contributed by atoms with Crippen LogP contribution in [-0.2, 0) is 17.6 Å². The third-order valence-corrected chi connectivity index (χ3v) is 4.83. The van der Waals surface area contributed by atoms with Gasteiger partial charge in [0.2, 0.25) is 11.9 Å². The van der Waals surface area contributed by atoms with Gasteiger partial charge in [-0.3, -0.25) is 4.79 Å². The third kappa shape index (κ3) is 2.53. The highest BCUT2D eigenvalue weighted by molar-refractivity contribution is 5.93. The molecule has 1 aliphatic heterocycles. The topological polar surface area (TPSA) is 81.3 Å². The summed E-state index contributed by atoms with van der Waals surface area (Å²) in [5.74, 6) is 0.360. The number of hydrogen-bond acceptors (Lipinski definition) is 5. The molecule has 6 nitrogen and oxygen atoms in total. The zero-order chi connectivity index (χ0) is 16.7. The van der Waals surface area contributed by atoms with E-state index < -0.39 is 5.91 Å². The maximum atomic E-state index is 11.3. The van der Waals surface area contributed by atoms with Crippen molar-refractivity contribution in [1.29, 1.82) is 0 Å². The molecule has 1 saturated heterocycles. The number of carbonyl (C=O) groups excluding carboxylic acids is 1. The molecule has 1 aromatic heterocycles. The second-order valence-corrected chi connectivity index (χ2v) is 6.36. The fourth-order valence-corrected chi connectivity index (χ4v) is 3.34. The number of nitrogens with two attached hydrogens (primary N) is 1. The van der Waals surface area contributed by atoms with Gasteiger partial charge in [0, 0.05) is 42.6 Å². The number of methoxy groups -OCH3 is 1. The Kier molecular flexibility index (Phi) is 3.69. The summed E-state index contributed by atoms with van der Waals surface area (Å²) in [5.41, 5.74) is 10.2. The van der Waals surface area contributed by atoms with E-state index in [2.05, 4.69) is 4.90 Å². The molecule has 24 heavy (non-hydrogen) atoms. The van der Waals surface area contributed by atoms with Gasteiger partial charge < -0.3 is 15.4 Å². The molecular weight excluding hydrogens is 304 g/mol. The minimum Gasteiger partial charge on any atom is -0.378 e. The predicted octanol–water partition coefficient (Wildman–Crippen LogP) is 1.57. The quantitative estimate of drug-likeness (QED) is 0.923. The fraction of sp³-hybridized carbons (Fsp3) is 0.389. The summed E-state index contributed by atoms with van der Waals surface area (Å²) in [6.45, 7) is 1.66. The van der Waals surface area contributed by atoms with E-state index in [1.54, 1.807) is 19.2 Å². The Balaban J connectivity index is 1.71. The summed E-state index contributed by atoms with van der Waals surface area (Å²) >= 11 is 0. The van der Waals surface area contributed by atoms with E-state index in [1.165, 1.54) is 5.56 Å². The Morgan fingerprint density at radius 3 is 2.62 bits per heavy atom. The molecule has 2 aromatic rings. The van der Waals surface area contributed by atoms with Gasteiger partial charge in [-0.1, -0.05) is 12.1 Å². The van der Waals surface area contributed by atoms with Crippen LogP contribution in [-0.4, -0.2) is 42.2 Å². The highest BCUT2D eigenvalue weighted by Crippen LogP contribution is 2.33. The average Bonchev–Trinajstić information content (AvgIpc) is 3.02. The Morgan fingerprint density at radius 1 is 1.21 bits per heavy atom. The number of aryl methyl sites for hydroxylation is 1. The van der Waals surface area contributed by atoms with Gasteiger partial charge in [0.25, 0.3) is 0 Å². The van der Waals surface area contributed by atoms with E-state index >= 15 is 0 Å². The SMILES string of the molecule is COC1CN(c2nc3c(c(-c4ccc(C(N)=O)cc4)n2)CCC3)C1. The summed E-state index contributed by atoms with van der Waals surface area (Å²) in [6, 6.07) is 7.34. The molecule has 0 spiro atoms. The van der Waals surface area contributed by atoms with Gasteiger partial charge in [-0.2, -0.15) is 0 Å². The molecular formula is C18H20N4O2. The summed E-state index contributed by atoms with van der Waals surface area (Å²) in [7, 11) is 1.73. The van der Waals surface area contributed by atoms with Crippen LogP contribution in [0.3, 0.4) is 0 Å². The standard InChI is InChI=1S/C18H20N4O2/c1-24-13-9-22(10-13)18-20-15-4-2-3-14(15)16(21-18)11-5-7-12(8-6-11)17(19)23/h5-8,13H,2-4,9-10H2,1H3,(H2,19,23). The first-order valence-electron chi connectivity index (χ1n) is 8.23. The van der Waals surface area contributed by atoms with Crippen LogP contribution >= 0.6 is 0 Å². The maximum absolute atomic E-state index is 11.3. The average molecular weight is 324 g/mol. The lowest BCUT2D eigenvalue weighted by molar-refractivity contribution is 0.0778. The number of ether oxygens (including phenoxy) is 1. The Bertz CT molecular complexity index is 782. The Morgan fingerprint density at radius 2 is 1.96 bits per heavy atom. The van der Waals surface area contributed by atoms with Crippen molar-refractivity contribution in [3.8, 4) is 11.3 Å². The largest absolute Gasteiger partial charge is 0.378 e. The second kappa shape index (κ2) is 5.87. The minimum absolute atomic E-state index is 0.264. The molecule has 124 valence electrons. The van der Waals surface area contributed by atoms with Crippen LogP contribution in [0.1, 0.15) is 28.0 Å². The smallest absolute Gasteiger partial charge is 0.248 e. The number of hydrogen-bond donors (Lipinski definition) is 1. The predicted molar refractivity (Wildman–Crippen MR) is 91.0 cm³/mol. The summed E-state index contributed by atoms with van der Waals surface area (Å²) in [5, 5.41) is 0. The van der Waals surface area contributed by atoms with Gasteiger partial charge >= 0.3 is 0 Å². The van der Waals surface area contributed by atoms with Gasteiger partial charge in [-0.05, 0) is 31.4 Å². The van der Waals surface area contributed by atoms with Gasteiger partial charge in [0.1, 0.15) is 0 Å². The van der Waals surface area contributed by atoms with Crippen LogP contribution in [0.15, 0.2) is 24.3 Å². The summed E-state index contributed by atoms with van der Waals surface area (Å²) in [6.07, 6.45) is 3.38. The van der Waals surface area contributed by atoms with Crippen LogP contribution in [0, 0.1) is 0 Å². The molecule has 0 radical (unpaired) electrons. The van der Waals surface area contributed by atoms with Crippen LogP contribution in [0.5, 0.6) is 0 Å². The number of amides is 1. The molecule has 2 aliphatic rings. The van der Waals surface area contributed by atoms with Crippen molar-refractivity contribution in [2.75, 3.05) is 25.1 Å². The molecule has 1 fully saturated rings. The van der Waals surface area contributed by atoms with Gasteiger partial charge in [0.05, 0.1) is 11.8 Å². The Labute approximate surface area is 140 Å². The van der Waals surface area contributed by atoms with Crippen molar-refractivity contribution in [2.45, 2.75) is 25.4 Å². The lowest BCUT2D eigenvalue weighted by Gasteiger charge is -2.38. The second-order valence-electron chi connectivity index (χ2n) is 6.36. The lowest BCUT2D eigenvalue weighted by atomic mass is 10.0.